The zero-order valence-corrected chi connectivity index (χ0v) is 9.13. The Morgan fingerprint density at radius 2 is 2.31 bits per heavy atom. The normalized spacial score (nSPS) is 11.6. The van der Waals surface area contributed by atoms with Crippen LogP contribution < -0.4 is 0 Å². The zero-order valence-electron chi connectivity index (χ0n) is 7.54. The van der Waals surface area contributed by atoms with Gasteiger partial charge in [-0.2, -0.15) is 0 Å². The molecule has 3 heteroatoms. The van der Waals surface area contributed by atoms with Gasteiger partial charge in [-0.1, -0.05) is 5.92 Å². The molecule has 13 heavy (non-hydrogen) atoms. The minimum atomic E-state index is -0.0505. The molecular formula is C10H10BrNO. The third kappa shape index (κ3) is 3.58. The summed E-state index contributed by atoms with van der Waals surface area (Å²) in [6.07, 6.45) is 1.67. The van der Waals surface area contributed by atoms with Gasteiger partial charge in [-0.25, -0.2) is 4.98 Å². The number of methoxy groups -OCH3 is 1. The van der Waals surface area contributed by atoms with Gasteiger partial charge in [0.15, 0.2) is 0 Å². The van der Waals surface area contributed by atoms with Crippen molar-refractivity contribution in [2.24, 2.45) is 0 Å². The molecule has 0 aliphatic rings. The molecule has 0 aliphatic heterocycles. The SMILES string of the molecule is COC(C)C#Cc1ccc(Br)cn1. The first-order valence-electron chi connectivity index (χ1n) is 3.88. The van der Waals surface area contributed by atoms with Gasteiger partial charge in [0.2, 0.25) is 0 Å². The first-order valence-corrected chi connectivity index (χ1v) is 4.67. The summed E-state index contributed by atoms with van der Waals surface area (Å²) in [5.74, 6) is 5.83. The second kappa shape index (κ2) is 5.00. The van der Waals surface area contributed by atoms with E-state index in [1.807, 2.05) is 19.1 Å². The topological polar surface area (TPSA) is 22.1 Å². The molecule has 1 heterocycles. The fraction of sp³-hybridized carbons (Fsp3) is 0.300. The molecule has 0 N–H and O–H groups in total. The van der Waals surface area contributed by atoms with Crippen LogP contribution in [0.2, 0.25) is 0 Å². The summed E-state index contributed by atoms with van der Waals surface area (Å²) < 4.78 is 5.94. The van der Waals surface area contributed by atoms with Gasteiger partial charge >= 0.3 is 0 Å². The summed E-state index contributed by atoms with van der Waals surface area (Å²) in [7, 11) is 1.63. The highest BCUT2D eigenvalue weighted by Gasteiger charge is 1.91. The summed E-state index contributed by atoms with van der Waals surface area (Å²) >= 11 is 3.30. The molecule has 1 rings (SSSR count). The number of nitrogens with zero attached hydrogens (tertiary/aromatic N) is 1. The molecule has 1 aromatic heterocycles. The van der Waals surface area contributed by atoms with Crippen LogP contribution in [0.15, 0.2) is 22.8 Å². The van der Waals surface area contributed by atoms with Gasteiger partial charge in [0.1, 0.15) is 11.8 Å². The first kappa shape index (κ1) is 10.2. The zero-order chi connectivity index (χ0) is 9.68. The van der Waals surface area contributed by atoms with Gasteiger partial charge in [0, 0.05) is 17.8 Å². The Balaban J connectivity index is 2.72. The molecule has 0 spiro atoms. The summed E-state index contributed by atoms with van der Waals surface area (Å²) in [5.41, 5.74) is 0.757. The number of pyridine rings is 1. The van der Waals surface area contributed by atoms with Crippen molar-refractivity contribution < 1.29 is 4.74 Å². The smallest absolute Gasteiger partial charge is 0.115 e. The molecule has 1 aromatic rings. The van der Waals surface area contributed by atoms with Gasteiger partial charge in [-0.3, -0.25) is 0 Å². The summed E-state index contributed by atoms with van der Waals surface area (Å²) in [5, 5.41) is 0. The number of rotatable bonds is 1. The highest BCUT2D eigenvalue weighted by molar-refractivity contribution is 9.10. The number of aromatic nitrogens is 1. The third-order valence-corrected chi connectivity index (χ3v) is 1.95. The second-order valence-corrected chi connectivity index (χ2v) is 3.42. The molecule has 0 saturated carbocycles. The van der Waals surface area contributed by atoms with E-state index < -0.39 is 0 Å². The van der Waals surface area contributed by atoms with Crippen LogP contribution in [0.1, 0.15) is 12.6 Å². The fourth-order valence-electron chi connectivity index (χ4n) is 0.684. The van der Waals surface area contributed by atoms with Crippen LogP contribution >= 0.6 is 15.9 Å². The van der Waals surface area contributed by atoms with Crippen LogP contribution in [0.4, 0.5) is 0 Å². The van der Waals surface area contributed by atoms with Crippen molar-refractivity contribution >= 4 is 15.9 Å². The van der Waals surface area contributed by atoms with Crippen molar-refractivity contribution in [3.63, 3.8) is 0 Å². The molecule has 68 valence electrons. The van der Waals surface area contributed by atoms with E-state index in [9.17, 15) is 0 Å². The summed E-state index contributed by atoms with van der Waals surface area (Å²) in [4.78, 5) is 4.11. The standard InChI is InChI=1S/C10H10BrNO/c1-8(13-2)3-5-10-6-4-9(11)7-12-10/h4,6-8H,1-2H3. The van der Waals surface area contributed by atoms with Crippen LogP contribution in [0.3, 0.4) is 0 Å². The average Bonchev–Trinajstić information content (AvgIpc) is 2.16. The van der Waals surface area contributed by atoms with Crippen LogP contribution in [-0.4, -0.2) is 18.2 Å². The molecule has 0 saturated heterocycles. The number of hydrogen-bond acceptors (Lipinski definition) is 2. The van der Waals surface area contributed by atoms with E-state index in [0.717, 1.165) is 10.2 Å². The highest BCUT2D eigenvalue weighted by Crippen LogP contribution is 2.06. The van der Waals surface area contributed by atoms with Crippen molar-refractivity contribution in [2.45, 2.75) is 13.0 Å². The molecule has 0 bridgehead atoms. The van der Waals surface area contributed by atoms with Crippen LogP contribution in [-0.2, 0) is 4.74 Å². The molecule has 0 radical (unpaired) electrons. The van der Waals surface area contributed by atoms with E-state index in [4.69, 9.17) is 4.74 Å². The van der Waals surface area contributed by atoms with E-state index in [2.05, 4.69) is 32.8 Å². The van der Waals surface area contributed by atoms with Gasteiger partial charge in [-0.15, -0.1) is 0 Å². The Kier molecular flexibility index (Phi) is 3.94. The van der Waals surface area contributed by atoms with Crippen molar-refractivity contribution in [3.05, 3.63) is 28.5 Å². The lowest BCUT2D eigenvalue weighted by molar-refractivity contribution is 0.163. The molecule has 0 fully saturated rings. The molecular weight excluding hydrogens is 230 g/mol. The van der Waals surface area contributed by atoms with E-state index in [1.54, 1.807) is 13.3 Å². The second-order valence-electron chi connectivity index (χ2n) is 2.51. The monoisotopic (exact) mass is 239 g/mol. The van der Waals surface area contributed by atoms with Crippen LogP contribution in [0.5, 0.6) is 0 Å². The number of halogens is 1. The maximum atomic E-state index is 4.98. The average molecular weight is 240 g/mol. The summed E-state index contributed by atoms with van der Waals surface area (Å²) in [6.45, 7) is 1.89. The minimum absolute atomic E-state index is 0.0505. The van der Waals surface area contributed by atoms with Crippen molar-refractivity contribution in [3.8, 4) is 11.8 Å². The quantitative estimate of drug-likeness (QED) is 0.702. The van der Waals surface area contributed by atoms with E-state index in [-0.39, 0.29) is 6.10 Å². The fourth-order valence-corrected chi connectivity index (χ4v) is 0.919. The Labute approximate surface area is 86.5 Å². The molecule has 2 nitrogen and oxygen atoms in total. The lowest BCUT2D eigenvalue weighted by Crippen LogP contribution is -1.99. The largest absolute Gasteiger partial charge is 0.369 e. The van der Waals surface area contributed by atoms with Crippen molar-refractivity contribution in [2.75, 3.05) is 7.11 Å². The Bertz CT molecular complexity index is 323. The van der Waals surface area contributed by atoms with Gasteiger partial charge < -0.3 is 4.74 Å². The molecule has 1 atom stereocenters. The van der Waals surface area contributed by atoms with Gasteiger partial charge in [-0.05, 0) is 40.9 Å². The number of hydrogen-bond donors (Lipinski definition) is 0. The molecule has 0 aromatic carbocycles. The van der Waals surface area contributed by atoms with E-state index >= 15 is 0 Å². The lowest BCUT2D eigenvalue weighted by Gasteiger charge is -1.97. The lowest BCUT2D eigenvalue weighted by atomic mass is 10.3. The van der Waals surface area contributed by atoms with Gasteiger partial charge in [0.05, 0.1) is 0 Å². The molecule has 1 unspecified atom stereocenters. The van der Waals surface area contributed by atoms with E-state index in [0.29, 0.717) is 0 Å². The Hall–Kier alpha value is -0.850. The Morgan fingerprint density at radius 3 is 2.85 bits per heavy atom. The van der Waals surface area contributed by atoms with E-state index in [1.165, 1.54) is 0 Å². The van der Waals surface area contributed by atoms with Crippen molar-refractivity contribution in [1.82, 2.24) is 4.98 Å². The highest BCUT2D eigenvalue weighted by atomic mass is 79.9. The first-order chi connectivity index (χ1) is 6.22. The predicted molar refractivity (Wildman–Crippen MR) is 55.3 cm³/mol. The minimum Gasteiger partial charge on any atom is -0.369 e. The molecule has 0 amide bonds. The molecule has 0 aliphatic carbocycles. The maximum Gasteiger partial charge on any atom is 0.115 e. The third-order valence-electron chi connectivity index (χ3n) is 1.48. The van der Waals surface area contributed by atoms with Crippen LogP contribution in [0, 0.1) is 11.8 Å². The summed E-state index contributed by atoms with van der Waals surface area (Å²) in [6, 6.07) is 3.77. The van der Waals surface area contributed by atoms with Crippen molar-refractivity contribution in [1.29, 1.82) is 0 Å². The van der Waals surface area contributed by atoms with Gasteiger partial charge in [0.25, 0.3) is 0 Å². The predicted octanol–water partition coefficient (Wildman–Crippen LogP) is 2.23. The maximum absolute atomic E-state index is 4.98. The van der Waals surface area contributed by atoms with Crippen LogP contribution in [0.25, 0.3) is 0 Å². The number of ether oxygens (including phenoxy) is 1. The Morgan fingerprint density at radius 1 is 1.54 bits per heavy atom.